The van der Waals surface area contributed by atoms with Gasteiger partial charge in [0, 0.05) is 31.5 Å². The maximum Gasteiger partial charge on any atom is 0.274 e. The highest BCUT2D eigenvalue weighted by molar-refractivity contribution is 6.33. The summed E-state index contributed by atoms with van der Waals surface area (Å²) >= 11 is 6.13. The SMILES string of the molecule is CN(C)c1ccc(NC(=O)c2cc(Nc3ccccc3Cl)ncn2)cc1. The molecule has 0 saturated carbocycles. The molecule has 0 spiro atoms. The number of aromatic nitrogens is 2. The average Bonchev–Trinajstić information content (AvgIpc) is 2.64. The minimum Gasteiger partial charge on any atom is -0.378 e. The number of benzene rings is 2. The zero-order valence-electron chi connectivity index (χ0n) is 14.4. The quantitative estimate of drug-likeness (QED) is 0.707. The van der Waals surface area contributed by atoms with Crippen LogP contribution in [0.25, 0.3) is 0 Å². The molecule has 2 aromatic carbocycles. The summed E-state index contributed by atoms with van der Waals surface area (Å²) in [4.78, 5) is 22.6. The number of nitrogens with zero attached hydrogens (tertiary/aromatic N) is 3. The van der Waals surface area contributed by atoms with Crippen LogP contribution in [-0.4, -0.2) is 30.0 Å². The molecular weight excluding hydrogens is 350 g/mol. The zero-order valence-corrected chi connectivity index (χ0v) is 15.2. The van der Waals surface area contributed by atoms with Crippen molar-refractivity contribution in [1.29, 1.82) is 0 Å². The van der Waals surface area contributed by atoms with Crippen molar-refractivity contribution in [2.45, 2.75) is 0 Å². The molecule has 0 fully saturated rings. The molecule has 1 aromatic heterocycles. The van der Waals surface area contributed by atoms with E-state index in [1.54, 1.807) is 12.1 Å². The highest BCUT2D eigenvalue weighted by Crippen LogP contribution is 2.24. The molecule has 0 atom stereocenters. The lowest BCUT2D eigenvalue weighted by Crippen LogP contribution is -2.14. The number of halogens is 1. The Labute approximate surface area is 156 Å². The largest absolute Gasteiger partial charge is 0.378 e. The van der Waals surface area contributed by atoms with Crippen molar-refractivity contribution >= 4 is 40.4 Å². The Hall–Kier alpha value is -3.12. The summed E-state index contributed by atoms with van der Waals surface area (Å²) in [6, 6.07) is 16.4. The maximum absolute atomic E-state index is 12.4. The summed E-state index contributed by atoms with van der Waals surface area (Å²) in [6.45, 7) is 0. The van der Waals surface area contributed by atoms with Crippen molar-refractivity contribution in [2.24, 2.45) is 0 Å². The van der Waals surface area contributed by atoms with Gasteiger partial charge < -0.3 is 15.5 Å². The van der Waals surface area contributed by atoms with Crippen molar-refractivity contribution in [3.05, 3.63) is 71.6 Å². The van der Waals surface area contributed by atoms with Crippen molar-refractivity contribution in [3.63, 3.8) is 0 Å². The molecule has 7 heteroatoms. The van der Waals surface area contributed by atoms with E-state index in [1.807, 2.05) is 61.5 Å². The smallest absolute Gasteiger partial charge is 0.274 e. The normalized spacial score (nSPS) is 10.3. The number of rotatable bonds is 5. The highest BCUT2D eigenvalue weighted by atomic mass is 35.5. The molecule has 2 N–H and O–H groups in total. The second-order valence-corrected chi connectivity index (χ2v) is 6.20. The van der Waals surface area contributed by atoms with Gasteiger partial charge >= 0.3 is 0 Å². The number of nitrogens with one attached hydrogen (secondary N) is 2. The number of carbonyl (C=O) groups is 1. The van der Waals surface area contributed by atoms with Crippen molar-refractivity contribution in [2.75, 3.05) is 29.6 Å². The van der Waals surface area contributed by atoms with Gasteiger partial charge in [-0.3, -0.25) is 4.79 Å². The van der Waals surface area contributed by atoms with Gasteiger partial charge in [-0.25, -0.2) is 9.97 Å². The molecule has 0 bridgehead atoms. The molecule has 3 aromatic rings. The lowest BCUT2D eigenvalue weighted by atomic mass is 10.2. The monoisotopic (exact) mass is 367 g/mol. The number of carbonyl (C=O) groups excluding carboxylic acids is 1. The number of amides is 1. The molecule has 26 heavy (non-hydrogen) atoms. The highest BCUT2D eigenvalue weighted by Gasteiger charge is 2.10. The number of anilines is 4. The zero-order chi connectivity index (χ0) is 18.5. The van der Waals surface area contributed by atoms with Crippen LogP contribution in [0.3, 0.4) is 0 Å². The van der Waals surface area contributed by atoms with Crippen LogP contribution in [0, 0.1) is 0 Å². The van der Waals surface area contributed by atoms with E-state index < -0.39 is 0 Å². The first-order valence-electron chi connectivity index (χ1n) is 7.95. The fourth-order valence-corrected chi connectivity index (χ4v) is 2.47. The fourth-order valence-electron chi connectivity index (χ4n) is 2.29. The van der Waals surface area contributed by atoms with Gasteiger partial charge in [-0.15, -0.1) is 0 Å². The lowest BCUT2D eigenvalue weighted by molar-refractivity contribution is 0.102. The molecule has 6 nitrogen and oxygen atoms in total. The van der Waals surface area contributed by atoms with Crippen molar-refractivity contribution in [3.8, 4) is 0 Å². The van der Waals surface area contributed by atoms with Gasteiger partial charge in [0.25, 0.3) is 5.91 Å². The first kappa shape index (κ1) is 17.7. The van der Waals surface area contributed by atoms with Crippen LogP contribution in [0.2, 0.25) is 5.02 Å². The topological polar surface area (TPSA) is 70.2 Å². The molecule has 0 radical (unpaired) electrons. The van der Waals surface area contributed by atoms with Crippen molar-refractivity contribution < 1.29 is 4.79 Å². The van der Waals surface area contributed by atoms with E-state index in [2.05, 4.69) is 20.6 Å². The first-order valence-corrected chi connectivity index (χ1v) is 8.33. The molecule has 132 valence electrons. The van der Waals surface area contributed by atoms with Crippen LogP contribution in [0.15, 0.2) is 60.9 Å². The predicted octanol–water partition coefficient (Wildman–Crippen LogP) is 4.19. The standard InChI is InChI=1S/C19H18ClN5O/c1-25(2)14-9-7-13(8-10-14)23-19(26)17-11-18(22-12-21-17)24-16-6-4-3-5-15(16)20/h3-12H,1-2H3,(H,23,26)(H,21,22,24). The van der Waals surface area contributed by atoms with Gasteiger partial charge in [-0.05, 0) is 36.4 Å². The van der Waals surface area contributed by atoms with Crippen LogP contribution in [0.4, 0.5) is 22.9 Å². The van der Waals surface area contributed by atoms with Gasteiger partial charge in [0.1, 0.15) is 17.8 Å². The van der Waals surface area contributed by atoms with Crippen LogP contribution >= 0.6 is 11.6 Å². The minimum absolute atomic E-state index is 0.256. The Balaban J connectivity index is 1.73. The maximum atomic E-state index is 12.4. The van der Waals surface area contributed by atoms with E-state index in [9.17, 15) is 4.79 Å². The molecule has 0 aliphatic heterocycles. The Morgan fingerprint density at radius 2 is 1.77 bits per heavy atom. The van der Waals surface area contributed by atoms with Crippen LogP contribution in [0.5, 0.6) is 0 Å². The summed E-state index contributed by atoms with van der Waals surface area (Å²) in [5.41, 5.74) is 2.71. The summed E-state index contributed by atoms with van der Waals surface area (Å²) in [7, 11) is 3.92. The Morgan fingerprint density at radius 1 is 1.04 bits per heavy atom. The third-order valence-corrected chi connectivity index (χ3v) is 4.01. The van der Waals surface area contributed by atoms with Gasteiger partial charge in [0.05, 0.1) is 10.7 Å². The van der Waals surface area contributed by atoms with Crippen molar-refractivity contribution in [1.82, 2.24) is 9.97 Å². The van der Waals surface area contributed by atoms with E-state index in [-0.39, 0.29) is 11.6 Å². The van der Waals surface area contributed by atoms with E-state index in [4.69, 9.17) is 11.6 Å². The second kappa shape index (κ2) is 7.84. The van der Waals surface area contributed by atoms with E-state index in [1.165, 1.54) is 6.33 Å². The molecule has 1 amide bonds. The Kier molecular flexibility index (Phi) is 5.34. The van der Waals surface area contributed by atoms with Crippen LogP contribution < -0.4 is 15.5 Å². The molecule has 1 heterocycles. The van der Waals surface area contributed by atoms with E-state index >= 15 is 0 Å². The van der Waals surface area contributed by atoms with Gasteiger partial charge in [-0.1, -0.05) is 23.7 Å². The summed E-state index contributed by atoms with van der Waals surface area (Å²) in [5, 5.41) is 6.48. The lowest BCUT2D eigenvalue weighted by Gasteiger charge is -2.13. The van der Waals surface area contributed by atoms with Gasteiger partial charge in [-0.2, -0.15) is 0 Å². The molecule has 0 aliphatic rings. The van der Waals surface area contributed by atoms with Crippen LogP contribution in [0.1, 0.15) is 10.5 Å². The van der Waals surface area contributed by atoms with Gasteiger partial charge in [0.15, 0.2) is 0 Å². The predicted molar refractivity (Wildman–Crippen MR) is 105 cm³/mol. The molecular formula is C19H18ClN5O. The summed E-state index contributed by atoms with van der Waals surface area (Å²) in [5.74, 6) is 0.174. The van der Waals surface area contributed by atoms with E-state index in [0.717, 1.165) is 5.69 Å². The second-order valence-electron chi connectivity index (χ2n) is 5.79. The summed E-state index contributed by atoms with van der Waals surface area (Å²) in [6.07, 6.45) is 1.34. The molecule has 0 aliphatic carbocycles. The fraction of sp³-hybridized carbons (Fsp3) is 0.105. The average molecular weight is 368 g/mol. The molecule has 3 rings (SSSR count). The van der Waals surface area contributed by atoms with E-state index in [0.29, 0.717) is 22.2 Å². The van der Waals surface area contributed by atoms with Gasteiger partial charge in [0.2, 0.25) is 0 Å². The number of para-hydroxylation sites is 1. The molecule has 0 saturated heterocycles. The first-order chi connectivity index (χ1) is 12.5. The number of hydrogen-bond acceptors (Lipinski definition) is 5. The Morgan fingerprint density at radius 3 is 2.46 bits per heavy atom. The third-order valence-electron chi connectivity index (χ3n) is 3.68. The minimum atomic E-state index is -0.313. The molecule has 0 unspecified atom stereocenters. The Bertz CT molecular complexity index is 912. The summed E-state index contributed by atoms with van der Waals surface area (Å²) < 4.78 is 0. The van der Waals surface area contributed by atoms with Crippen LogP contribution in [-0.2, 0) is 0 Å². The third kappa shape index (κ3) is 4.29. The number of hydrogen-bond donors (Lipinski definition) is 2.